The topological polar surface area (TPSA) is 96.4 Å². The van der Waals surface area contributed by atoms with Crippen molar-refractivity contribution in [1.29, 1.82) is 0 Å². The average Bonchev–Trinajstić information content (AvgIpc) is 2.40. The first-order valence-electron chi connectivity index (χ1n) is 5.46. The molecule has 0 bridgehead atoms. The van der Waals surface area contributed by atoms with Crippen molar-refractivity contribution in [2.24, 2.45) is 0 Å². The van der Waals surface area contributed by atoms with E-state index < -0.39 is 21.8 Å². The molecule has 0 radical (unpaired) electrons. The first-order valence-corrected chi connectivity index (χ1v) is 7.32. The number of carboxylic acid groups (broad SMARTS) is 1. The molecule has 2 rings (SSSR count). The molecule has 21 heavy (non-hydrogen) atoms. The molecule has 6 nitrogen and oxygen atoms in total. The first-order chi connectivity index (χ1) is 9.79. The van der Waals surface area contributed by atoms with Crippen LogP contribution in [0.4, 0.5) is 10.1 Å². The van der Waals surface area contributed by atoms with Crippen molar-refractivity contribution >= 4 is 33.3 Å². The Kier molecular flexibility index (Phi) is 4.10. The Balaban J connectivity index is 2.37. The summed E-state index contributed by atoms with van der Waals surface area (Å²) in [5.41, 5.74) is -0.268. The number of hydrogen-bond donors (Lipinski definition) is 2. The van der Waals surface area contributed by atoms with Crippen molar-refractivity contribution in [2.75, 3.05) is 4.72 Å². The van der Waals surface area contributed by atoms with Crippen LogP contribution in [0.1, 0.15) is 10.4 Å². The Morgan fingerprint density at radius 3 is 2.62 bits per heavy atom. The van der Waals surface area contributed by atoms with Gasteiger partial charge < -0.3 is 5.11 Å². The Morgan fingerprint density at radius 2 is 2.00 bits per heavy atom. The number of carboxylic acids is 1. The van der Waals surface area contributed by atoms with E-state index in [1.807, 2.05) is 0 Å². The number of anilines is 1. The lowest BCUT2D eigenvalue weighted by Crippen LogP contribution is -2.14. The molecule has 110 valence electrons. The zero-order valence-electron chi connectivity index (χ0n) is 10.2. The highest BCUT2D eigenvalue weighted by Gasteiger charge is 2.17. The van der Waals surface area contributed by atoms with Crippen LogP contribution in [0.5, 0.6) is 0 Å². The van der Waals surface area contributed by atoms with Crippen LogP contribution >= 0.6 is 11.6 Å². The maximum Gasteiger partial charge on any atom is 0.337 e. The molecule has 0 aliphatic heterocycles. The first kappa shape index (κ1) is 15.2. The van der Waals surface area contributed by atoms with Crippen LogP contribution in [-0.4, -0.2) is 24.5 Å². The number of nitrogens with zero attached hydrogens (tertiary/aromatic N) is 1. The zero-order valence-corrected chi connectivity index (χ0v) is 11.8. The second-order valence-corrected chi connectivity index (χ2v) is 6.03. The second-order valence-electron chi connectivity index (χ2n) is 3.94. The Bertz CT molecular complexity index is 811. The van der Waals surface area contributed by atoms with Crippen molar-refractivity contribution in [3.63, 3.8) is 0 Å². The third kappa shape index (κ3) is 3.47. The maximum atomic E-state index is 13.0. The molecule has 0 saturated carbocycles. The molecule has 0 fully saturated rings. The monoisotopic (exact) mass is 330 g/mol. The fraction of sp³-hybridized carbons (Fsp3) is 0. The number of carbonyl (C=O) groups is 1. The van der Waals surface area contributed by atoms with Gasteiger partial charge in [0.05, 0.1) is 16.8 Å². The summed E-state index contributed by atoms with van der Waals surface area (Å²) >= 11 is 5.68. The van der Waals surface area contributed by atoms with E-state index >= 15 is 0 Å². The Labute approximate surface area is 124 Å². The number of hydrogen-bond acceptors (Lipinski definition) is 4. The molecule has 0 atom stereocenters. The molecular weight excluding hydrogens is 323 g/mol. The van der Waals surface area contributed by atoms with Crippen LogP contribution in [0.25, 0.3) is 0 Å². The minimum Gasteiger partial charge on any atom is -0.478 e. The lowest BCUT2D eigenvalue weighted by molar-refractivity contribution is 0.0697. The van der Waals surface area contributed by atoms with E-state index in [1.54, 1.807) is 0 Å². The fourth-order valence-electron chi connectivity index (χ4n) is 1.51. The highest BCUT2D eigenvalue weighted by atomic mass is 35.5. The minimum atomic E-state index is -4.08. The molecule has 0 unspecified atom stereocenters. The average molecular weight is 331 g/mol. The smallest absolute Gasteiger partial charge is 0.337 e. The van der Waals surface area contributed by atoms with Gasteiger partial charge in [-0.25, -0.2) is 17.6 Å². The number of halogens is 2. The third-order valence-corrected chi connectivity index (χ3v) is 4.12. The predicted octanol–water partition coefficient (Wildman–Crippen LogP) is 2.37. The van der Waals surface area contributed by atoms with Gasteiger partial charge in [0.15, 0.2) is 0 Å². The van der Waals surface area contributed by atoms with Gasteiger partial charge in [-0.3, -0.25) is 9.71 Å². The SMILES string of the molecule is O=C(O)c1cc(NS(=O)(=O)c2cncc(F)c2)ccc1Cl. The zero-order chi connectivity index (χ0) is 15.6. The molecule has 1 aromatic carbocycles. The summed E-state index contributed by atoms with van der Waals surface area (Å²) in [6.45, 7) is 0. The molecule has 2 N–H and O–H groups in total. The van der Waals surface area contributed by atoms with Crippen LogP contribution in [0, 0.1) is 5.82 Å². The number of rotatable bonds is 4. The predicted molar refractivity (Wildman–Crippen MR) is 73.4 cm³/mol. The number of pyridine rings is 1. The van der Waals surface area contributed by atoms with E-state index in [0.29, 0.717) is 0 Å². The standard InChI is InChI=1S/C12H8ClFN2O4S/c13-11-2-1-8(4-10(11)12(17)18)16-21(19,20)9-3-7(14)5-15-6-9/h1-6,16H,(H,17,18). The van der Waals surface area contributed by atoms with Crippen LogP contribution < -0.4 is 4.72 Å². The van der Waals surface area contributed by atoms with E-state index in [1.165, 1.54) is 12.1 Å². The number of benzene rings is 1. The van der Waals surface area contributed by atoms with Crippen molar-refractivity contribution in [3.8, 4) is 0 Å². The van der Waals surface area contributed by atoms with Gasteiger partial charge in [0.2, 0.25) is 0 Å². The number of aromatic nitrogens is 1. The molecular formula is C12H8ClFN2O4S. The van der Waals surface area contributed by atoms with Gasteiger partial charge in [0, 0.05) is 11.9 Å². The summed E-state index contributed by atoms with van der Waals surface area (Å²) in [6, 6.07) is 4.39. The van der Waals surface area contributed by atoms with Crippen molar-refractivity contribution in [1.82, 2.24) is 4.98 Å². The number of sulfonamides is 1. The highest BCUT2D eigenvalue weighted by Crippen LogP contribution is 2.22. The van der Waals surface area contributed by atoms with Gasteiger partial charge in [0.25, 0.3) is 10.0 Å². The molecule has 9 heteroatoms. The summed E-state index contributed by atoms with van der Waals surface area (Å²) < 4.78 is 39.2. The van der Waals surface area contributed by atoms with Gasteiger partial charge >= 0.3 is 5.97 Å². The molecule has 0 spiro atoms. The highest BCUT2D eigenvalue weighted by molar-refractivity contribution is 7.92. The number of nitrogens with one attached hydrogen (secondary N) is 1. The lowest BCUT2D eigenvalue weighted by atomic mass is 10.2. The summed E-state index contributed by atoms with van der Waals surface area (Å²) in [6.07, 6.45) is 1.84. The van der Waals surface area contributed by atoms with E-state index in [4.69, 9.17) is 16.7 Å². The van der Waals surface area contributed by atoms with Crippen LogP contribution in [-0.2, 0) is 10.0 Å². The van der Waals surface area contributed by atoms with Crippen molar-refractivity contribution in [3.05, 3.63) is 53.1 Å². The van der Waals surface area contributed by atoms with Gasteiger partial charge in [-0.05, 0) is 24.3 Å². The molecule has 1 heterocycles. The van der Waals surface area contributed by atoms with Crippen molar-refractivity contribution in [2.45, 2.75) is 4.90 Å². The molecule has 0 saturated heterocycles. The molecule has 1 aromatic heterocycles. The fourth-order valence-corrected chi connectivity index (χ4v) is 2.73. The van der Waals surface area contributed by atoms with Gasteiger partial charge in [-0.1, -0.05) is 11.6 Å². The largest absolute Gasteiger partial charge is 0.478 e. The van der Waals surface area contributed by atoms with E-state index in [9.17, 15) is 17.6 Å². The van der Waals surface area contributed by atoms with Crippen LogP contribution in [0.2, 0.25) is 5.02 Å². The lowest BCUT2D eigenvalue weighted by Gasteiger charge is -2.09. The van der Waals surface area contributed by atoms with Gasteiger partial charge in [-0.2, -0.15) is 0 Å². The van der Waals surface area contributed by atoms with E-state index in [-0.39, 0.29) is 21.2 Å². The third-order valence-electron chi connectivity index (χ3n) is 2.44. The molecule has 0 amide bonds. The van der Waals surface area contributed by atoms with Crippen LogP contribution in [0.15, 0.2) is 41.6 Å². The second kappa shape index (κ2) is 5.66. The van der Waals surface area contributed by atoms with Crippen molar-refractivity contribution < 1.29 is 22.7 Å². The maximum absolute atomic E-state index is 13.0. The summed E-state index contributed by atoms with van der Waals surface area (Å²) in [5.74, 6) is -2.10. The van der Waals surface area contributed by atoms with Crippen LogP contribution in [0.3, 0.4) is 0 Å². The van der Waals surface area contributed by atoms with E-state index in [2.05, 4.69) is 9.71 Å². The Morgan fingerprint density at radius 1 is 1.29 bits per heavy atom. The van der Waals surface area contributed by atoms with Gasteiger partial charge in [0.1, 0.15) is 10.7 Å². The minimum absolute atomic E-state index is 0.0129. The summed E-state index contributed by atoms with van der Waals surface area (Å²) in [4.78, 5) is 14.0. The number of aromatic carboxylic acids is 1. The normalized spacial score (nSPS) is 11.1. The summed E-state index contributed by atoms with van der Waals surface area (Å²) in [5, 5.41) is 8.89. The summed E-state index contributed by atoms with van der Waals surface area (Å²) in [7, 11) is -4.08. The van der Waals surface area contributed by atoms with Gasteiger partial charge in [-0.15, -0.1) is 0 Å². The molecule has 0 aliphatic carbocycles. The molecule has 0 aliphatic rings. The van der Waals surface area contributed by atoms with E-state index in [0.717, 1.165) is 24.5 Å². The Hall–Kier alpha value is -2.19. The quantitative estimate of drug-likeness (QED) is 0.897. The molecule has 2 aromatic rings.